The molecule has 1 aliphatic carbocycles. The quantitative estimate of drug-likeness (QED) is 0.355. The Hall–Kier alpha value is -2.70. The van der Waals surface area contributed by atoms with Crippen molar-refractivity contribution in [3.63, 3.8) is 0 Å². The molecule has 1 aromatic carbocycles. The zero-order chi connectivity index (χ0) is 23.4. The van der Waals surface area contributed by atoms with E-state index in [0.29, 0.717) is 34.8 Å². The zero-order valence-electron chi connectivity index (χ0n) is 18.4. The van der Waals surface area contributed by atoms with Gasteiger partial charge in [-0.2, -0.15) is 5.26 Å². The molecule has 0 unspecified atom stereocenters. The van der Waals surface area contributed by atoms with Crippen LogP contribution in [-0.2, 0) is 11.3 Å². The monoisotopic (exact) mass is 484 g/mol. The summed E-state index contributed by atoms with van der Waals surface area (Å²) in [5.41, 5.74) is 0.585. The molecule has 0 atom stereocenters. The fourth-order valence-corrected chi connectivity index (χ4v) is 5.96. The van der Waals surface area contributed by atoms with Crippen molar-refractivity contribution in [2.24, 2.45) is 0 Å². The van der Waals surface area contributed by atoms with Gasteiger partial charge in [0, 0.05) is 17.5 Å². The first kappa shape index (κ1) is 23.5. The van der Waals surface area contributed by atoms with E-state index in [9.17, 15) is 19.2 Å². The van der Waals surface area contributed by atoms with Crippen molar-refractivity contribution in [3.8, 4) is 17.2 Å². The standard InChI is InChI=1S/C24H25FN4O2S2/c1-2-3-12-29-22(31)20-18(16-6-8-17(25)9-7-16)13-32-21(20)27-23(29)33-14-19(30)28-24(15-26)10-4-5-11-24/h6-9,13H,2-5,10-12,14H2,1H3,(H,28,30). The van der Waals surface area contributed by atoms with E-state index in [1.54, 1.807) is 16.7 Å². The number of hydrogen-bond donors (Lipinski definition) is 1. The van der Waals surface area contributed by atoms with Gasteiger partial charge in [0.15, 0.2) is 5.16 Å². The van der Waals surface area contributed by atoms with Crippen LogP contribution in [0.4, 0.5) is 4.39 Å². The molecule has 6 nitrogen and oxygen atoms in total. The second-order valence-corrected chi connectivity index (χ2v) is 10.1. The number of unbranched alkanes of at least 4 members (excludes halogenated alkanes) is 1. The molecule has 0 spiro atoms. The van der Waals surface area contributed by atoms with Gasteiger partial charge >= 0.3 is 0 Å². The molecule has 1 aliphatic rings. The number of carbonyl (C=O) groups excluding carboxylic acids is 1. The number of hydrogen-bond acceptors (Lipinski definition) is 6. The van der Waals surface area contributed by atoms with Crippen molar-refractivity contribution < 1.29 is 9.18 Å². The van der Waals surface area contributed by atoms with Gasteiger partial charge in [0.2, 0.25) is 5.91 Å². The number of benzene rings is 1. The van der Waals surface area contributed by atoms with Crippen LogP contribution in [0.25, 0.3) is 21.3 Å². The molecule has 1 amide bonds. The highest BCUT2D eigenvalue weighted by Gasteiger charge is 2.35. The maximum absolute atomic E-state index is 13.5. The van der Waals surface area contributed by atoms with Crippen LogP contribution in [0.3, 0.4) is 0 Å². The fraction of sp³-hybridized carbons (Fsp3) is 0.417. The first-order valence-electron chi connectivity index (χ1n) is 11.1. The summed E-state index contributed by atoms with van der Waals surface area (Å²) in [4.78, 5) is 31.4. The minimum Gasteiger partial charge on any atom is -0.337 e. The number of thiophene rings is 1. The summed E-state index contributed by atoms with van der Waals surface area (Å²) in [5.74, 6) is -0.466. The molecule has 33 heavy (non-hydrogen) atoms. The first-order chi connectivity index (χ1) is 16.0. The highest BCUT2D eigenvalue weighted by molar-refractivity contribution is 7.99. The van der Waals surface area contributed by atoms with Gasteiger partial charge in [0.25, 0.3) is 5.56 Å². The number of fused-ring (bicyclic) bond motifs is 1. The topological polar surface area (TPSA) is 87.8 Å². The number of nitrogens with zero attached hydrogens (tertiary/aromatic N) is 3. The van der Waals surface area contributed by atoms with E-state index in [2.05, 4.69) is 18.3 Å². The number of aromatic nitrogens is 2. The number of amides is 1. The summed E-state index contributed by atoms with van der Waals surface area (Å²) in [6, 6.07) is 8.34. The molecule has 1 saturated carbocycles. The van der Waals surface area contributed by atoms with Crippen LogP contribution in [0.2, 0.25) is 0 Å². The number of rotatable bonds is 8. The van der Waals surface area contributed by atoms with E-state index in [-0.39, 0.29) is 23.0 Å². The molecule has 9 heteroatoms. The van der Waals surface area contributed by atoms with Crippen LogP contribution < -0.4 is 10.9 Å². The van der Waals surface area contributed by atoms with Gasteiger partial charge in [-0.3, -0.25) is 14.2 Å². The molecule has 1 N–H and O–H groups in total. The minimum atomic E-state index is -0.769. The molecular formula is C24H25FN4O2S2. The Morgan fingerprint density at radius 3 is 2.73 bits per heavy atom. The molecule has 172 valence electrons. The van der Waals surface area contributed by atoms with Gasteiger partial charge in [-0.05, 0) is 49.8 Å². The zero-order valence-corrected chi connectivity index (χ0v) is 20.0. The third kappa shape index (κ3) is 4.97. The van der Waals surface area contributed by atoms with Crippen LogP contribution in [0.15, 0.2) is 39.6 Å². The van der Waals surface area contributed by atoms with Crippen molar-refractivity contribution in [2.75, 3.05) is 5.75 Å². The van der Waals surface area contributed by atoms with E-state index >= 15 is 0 Å². The predicted octanol–water partition coefficient (Wildman–Crippen LogP) is 5.11. The normalized spacial score (nSPS) is 14.9. The van der Waals surface area contributed by atoms with Crippen LogP contribution in [0, 0.1) is 17.1 Å². The Labute approximate surface area is 199 Å². The Bertz CT molecular complexity index is 1250. The summed E-state index contributed by atoms with van der Waals surface area (Å²) in [5, 5.41) is 15.3. The lowest BCUT2D eigenvalue weighted by atomic mass is 10.0. The Kier molecular flexibility index (Phi) is 7.15. The van der Waals surface area contributed by atoms with E-state index in [1.807, 2.05) is 5.38 Å². The molecular weight excluding hydrogens is 459 g/mol. The van der Waals surface area contributed by atoms with Crippen LogP contribution in [0.1, 0.15) is 45.4 Å². The summed E-state index contributed by atoms with van der Waals surface area (Å²) in [7, 11) is 0. The molecule has 0 aliphatic heterocycles. The third-order valence-electron chi connectivity index (χ3n) is 5.93. The second-order valence-electron chi connectivity index (χ2n) is 8.28. The summed E-state index contributed by atoms with van der Waals surface area (Å²) in [6.07, 6.45) is 4.93. The lowest BCUT2D eigenvalue weighted by Gasteiger charge is -2.21. The Balaban J connectivity index is 1.63. The molecule has 4 rings (SSSR count). The maximum atomic E-state index is 13.5. The second kappa shape index (κ2) is 10.1. The lowest BCUT2D eigenvalue weighted by Crippen LogP contribution is -2.45. The average molecular weight is 485 g/mol. The summed E-state index contributed by atoms with van der Waals surface area (Å²) in [6.45, 7) is 2.55. The summed E-state index contributed by atoms with van der Waals surface area (Å²) < 4.78 is 15.0. The van der Waals surface area contributed by atoms with Crippen LogP contribution in [-0.4, -0.2) is 26.8 Å². The molecule has 2 heterocycles. The van der Waals surface area contributed by atoms with Crippen LogP contribution in [0.5, 0.6) is 0 Å². The largest absolute Gasteiger partial charge is 0.337 e. The molecule has 0 radical (unpaired) electrons. The Morgan fingerprint density at radius 1 is 1.33 bits per heavy atom. The van der Waals surface area contributed by atoms with Gasteiger partial charge < -0.3 is 5.32 Å². The van der Waals surface area contributed by atoms with E-state index in [1.165, 1.54) is 35.2 Å². The van der Waals surface area contributed by atoms with Gasteiger partial charge in [-0.25, -0.2) is 9.37 Å². The number of carbonyl (C=O) groups is 1. The molecule has 1 fully saturated rings. The molecule has 2 aromatic heterocycles. The number of thioether (sulfide) groups is 1. The highest BCUT2D eigenvalue weighted by Crippen LogP contribution is 2.33. The Morgan fingerprint density at radius 2 is 2.06 bits per heavy atom. The van der Waals surface area contributed by atoms with Gasteiger partial charge in [-0.15, -0.1) is 11.3 Å². The smallest absolute Gasteiger partial charge is 0.263 e. The fourth-order valence-electron chi connectivity index (χ4n) is 4.15. The minimum absolute atomic E-state index is 0.0870. The number of nitrogens with one attached hydrogen (secondary N) is 1. The third-order valence-corrected chi connectivity index (χ3v) is 7.78. The molecule has 0 saturated heterocycles. The van der Waals surface area contributed by atoms with Crippen molar-refractivity contribution in [3.05, 3.63) is 45.8 Å². The SMILES string of the molecule is CCCCn1c(SCC(=O)NC2(C#N)CCCC2)nc2scc(-c3ccc(F)cc3)c2c1=O. The maximum Gasteiger partial charge on any atom is 0.263 e. The van der Waals surface area contributed by atoms with E-state index in [0.717, 1.165) is 36.8 Å². The van der Waals surface area contributed by atoms with Gasteiger partial charge in [0.1, 0.15) is 16.2 Å². The van der Waals surface area contributed by atoms with E-state index in [4.69, 9.17) is 4.98 Å². The highest BCUT2D eigenvalue weighted by atomic mass is 32.2. The summed E-state index contributed by atoms with van der Waals surface area (Å²) >= 11 is 2.58. The van der Waals surface area contributed by atoms with Crippen molar-refractivity contribution in [1.82, 2.24) is 14.9 Å². The van der Waals surface area contributed by atoms with E-state index < -0.39 is 5.54 Å². The number of halogens is 1. The number of nitriles is 1. The van der Waals surface area contributed by atoms with Crippen LogP contribution >= 0.6 is 23.1 Å². The van der Waals surface area contributed by atoms with Crippen molar-refractivity contribution >= 4 is 39.2 Å². The molecule has 3 aromatic rings. The lowest BCUT2D eigenvalue weighted by molar-refractivity contribution is -0.119. The average Bonchev–Trinajstić information content (AvgIpc) is 3.45. The first-order valence-corrected chi connectivity index (χ1v) is 13.0. The van der Waals surface area contributed by atoms with Crippen molar-refractivity contribution in [1.29, 1.82) is 5.26 Å². The predicted molar refractivity (Wildman–Crippen MR) is 130 cm³/mol. The van der Waals surface area contributed by atoms with Crippen molar-refractivity contribution in [2.45, 2.75) is 62.7 Å². The van der Waals surface area contributed by atoms with Gasteiger partial charge in [-0.1, -0.05) is 37.2 Å². The van der Waals surface area contributed by atoms with Gasteiger partial charge in [0.05, 0.1) is 17.2 Å². The molecule has 0 bridgehead atoms.